The van der Waals surface area contributed by atoms with Gasteiger partial charge in [-0.15, -0.1) is 0 Å². The topological polar surface area (TPSA) is 118 Å². The lowest BCUT2D eigenvalue weighted by atomic mass is 9.95. The minimum atomic E-state index is -4.65. The number of benzene rings is 2. The molecule has 228 valence electrons. The maximum absolute atomic E-state index is 14.1. The van der Waals surface area contributed by atoms with Gasteiger partial charge in [-0.05, 0) is 68.1 Å². The quantitative estimate of drug-likeness (QED) is 0.105. The van der Waals surface area contributed by atoms with Crippen molar-refractivity contribution in [2.24, 2.45) is 5.41 Å². The Morgan fingerprint density at radius 3 is 2.44 bits per heavy atom. The van der Waals surface area contributed by atoms with Gasteiger partial charge >= 0.3 is 6.18 Å². The van der Waals surface area contributed by atoms with Crippen LogP contribution in [0, 0.1) is 12.3 Å². The number of nitrogens with one attached hydrogen (secondary N) is 2. The third kappa shape index (κ3) is 7.89. The summed E-state index contributed by atoms with van der Waals surface area (Å²) < 4.78 is 49.3. The molecule has 0 aliphatic carbocycles. The average Bonchev–Trinajstić information content (AvgIpc) is 3.38. The molecule has 2 aromatic carbocycles. The van der Waals surface area contributed by atoms with Crippen LogP contribution >= 0.6 is 0 Å². The number of imidazole rings is 1. The van der Waals surface area contributed by atoms with Crippen molar-refractivity contribution in [2.45, 2.75) is 59.6 Å². The second-order valence-electron chi connectivity index (χ2n) is 11.3. The Kier molecular flexibility index (Phi) is 9.39. The number of hydrogen-bond donors (Lipinski definition) is 3. The van der Waals surface area contributed by atoms with Gasteiger partial charge in [-0.25, -0.2) is 15.0 Å². The summed E-state index contributed by atoms with van der Waals surface area (Å²) in [6.45, 7) is 7.54. The molecule has 2 amide bonds. The van der Waals surface area contributed by atoms with Crippen molar-refractivity contribution < 1.29 is 32.7 Å². The number of hydroxylamine groups is 1. The van der Waals surface area contributed by atoms with Crippen LogP contribution in [-0.4, -0.2) is 38.2 Å². The zero-order valence-corrected chi connectivity index (χ0v) is 24.4. The Morgan fingerprint density at radius 2 is 1.74 bits per heavy atom. The van der Waals surface area contributed by atoms with Crippen LogP contribution in [0.5, 0.6) is 5.75 Å². The SMILES string of the molecule is Cc1ccc(-c2cn3nc(-c4ccc(OCCCCCC(=O)NO)cc4C(F)(F)F)ccc3n2)cc1NC(=O)C(C)(C)C. The first-order chi connectivity index (χ1) is 20.3. The molecule has 2 aromatic heterocycles. The van der Waals surface area contributed by atoms with Crippen molar-refractivity contribution in [3.05, 3.63) is 65.9 Å². The summed E-state index contributed by atoms with van der Waals surface area (Å²) in [5.74, 6) is -0.546. The standard InChI is InChI=1S/C31H34F3N5O4/c1-19-9-10-20(16-25(19)36-29(41)30(2,3)4)26-18-39-27(35-26)14-13-24(37-39)22-12-11-21(17-23(22)31(32,33)34)43-15-7-5-6-8-28(40)38-42/h9-14,16-18,42H,5-8,15H2,1-4H3,(H,36,41)(H,38,40). The summed E-state index contributed by atoms with van der Waals surface area (Å²) >= 11 is 0. The Hall–Kier alpha value is -4.45. The lowest BCUT2D eigenvalue weighted by molar-refractivity contribution is -0.137. The number of aryl methyl sites for hydroxylation is 1. The van der Waals surface area contributed by atoms with Crippen LogP contribution in [0.15, 0.2) is 54.7 Å². The molecule has 0 aliphatic heterocycles. The van der Waals surface area contributed by atoms with Crippen molar-refractivity contribution >= 4 is 23.1 Å². The highest BCUT2D eigenvalue weighted by molar-refractivity contribution is 5.95. The minimum absolute atomic E-state index is 0.0731. The summed E-state index contributed by atoms with van der Waals surface area (Å²) in [6, 6.07) is 12.4. The predicted molar refractivity (Wildman–Crippen MR) is 156 cm³/mol. The number of anilines is 1. The Bertz CT molecular complexity index is 1630. The van der Waals surface area contributed by atoms with Gasteiger partial charge in [-0.2, -0.15) is 18.3 Å². The molecule has 0 fully saturated rings. The smallest absolute Gasteiger partial charge is 0.417 e. The first kappa shape index (κ1) is 31.5. The fraction of sp³-hybridized carbons (Fsp3) is 0.355. The predicted octanol–water partition coefficient (Wildman–Crippen LogP) is 6.82. The van der Waals surface area contributed by atoms with E-state index in [0.717, 1.165) is 17.2 Å². The maximum Gasteiger partial charge on any atom is 0.417 e. The molecule has 0 bridgehead atoms. The van der Waals surface area contributed by atoms with Crippen molar-refractivity contribution in [2.75, 3.05) is 11.9 Å². The number of aromatic nitrogens is 3. The molecule has 43 heavy (non-hydrogen) atoms. The number of hydrogen-bond acceptors (Lipinski definition) is 6. The molecule has 0 saturated heterocycles. The van der Waals surface area contributed by atoms with E-state index in [9.17, 15) is 22.8 Å². The van der Waals surface area contributed by atoms with Gasteiger partial charge in [0.05, 0.1) is 29.8 Å². The Labute approximate surface area is 247 Å². The zero-order valence-electron chi connectivity index (χ0n) is 24.4. The van der Waals surface area contributed by atoms with Gasteiger partial charge < -0.3 is 10.1 Å². The Balaban J connectivity index is 1.55. The monoisotopic (exact) mass is 597 g/mol. The zero-order chi connectivity index (χ0) is 31.4. The minimum Gasteiger partial charge on any atom is -0.494 e. The molecule has 3 N–H and O–H groups in total. The highest BCUT2D eigenvalue weighted by atomic mass is 19.4. The lowest BCUT2D eigenvalue weighted by Gasteiger charge is -2.19. The van der Waals surface area contributed by atoms with E-state index >= 15 is 0 Å². The summed E-state index contributed by atoms with van der Waals surface area (Å²) in [6.07, 6.45) is -1.20. The van der Waals surface area contributed by atoms with E-state index in [-0.39, 0.29) is 35.9 Å². The highest BCUT2D eigenvalue weighted by Crippen LogP contribution is 2.39. The third-order valence-electron chi connectivity index (χ3n) is 6.80. The van der Waals surface area contributed by atoms with Crippen molar-refractivity contribution in [3.63, 3.8) is 0 Å². The summed E-state index contributed by atoms with van der Waals surface area (Å²) in [7, 11) is 0. The van der Waals surface area contributed by atoms with E-state index in [1.807, 2.05) is 45.9 Å². The molecule has 0 atom stereocenters. The van der Waals surface area contributed by atoms with Crippen LogP contribution in [0.1, 0.15) is 57.6 Å². The molecule has 4 aromatic rings. The maximum atomic E-state index is 14.1. The number of carbonyl (C=O) groups is 2. The van der Waals surface area contributed by atoms with Crippen molar-refractivity contribution in [3.8, 4) is 28.3 Å². The van der Waals surface area contributed by atoms with E-state index in [0.29, 0.717) is 36.3 Å². The van der Waals surface area contributed by atoms with Gasteiger partial charge in [-0.1, -0.05) is 32.9 Å². The van der Waals surface area contributed by atoms with Crippen molar-refractivity contribution in [1.29, 1.82) is 0 Å². The van der Waals surface area contributed by atoms with Crippen LogP contribution in [-0.2, 0) is 15.8 Å². The van der Waals surface area contributed by atoms with Gasteiger partial charge in [-0.3, -0.25) is 14.8 Å². The van der Waals surface area contributed by atoms with Crippen LogP contribution in [0.2, 0.25) is 0 Å². The molecule has 0 saturated carbocycles. The molecule has 0 spiro atoms. The van der Waals surface area contributed by atoms with Crippen LogP contribution in [0.25, 0.3) is 28.2 Å². The number of unbranched alkanes of at least 4 members (excludes halogenated alkanes) is 2. The number of amides is 2. The summed E-state index contributed by atoms with van der Waals surface area (Å²) in [5, 5.41) is 15.9. The fourth-order valence-corrected chi connectivity index (χ4v) is 4.27. The number of carbonyl (C=O) groups excluding carboxylic acids is 2. The fourth-order valence-electron chi connectivity index (χ4n) is 4.27. The number of alkyl halides is 3. The summed E-state index contributed by atoms with van der Waals surface area (Å²) in [4.78, 5) is 28.2. The van der Waals surface area contributed by atoms with Crippen LogP contribution in [0.4, 0.5) is 18.9 Å². The molecule has 2 heterocycles. The molecule has 0 unspecified atom stereocenters. The normalized spacial score (nSPS) is 11.9. The van der Waals surface area contributed by atoms with Gasteiger partial charge in [0, 0.05) is 28.7 Å². The summed E-state index contributed by atoms with van der Waals surface area (Å²) in [5.41, 5.74) is 3.35. The lowest BCUT2D eigenvalue weighted by Crippen LogP contribution is -2.27. The molecule has 9 nitrogen and oxygen atoms in total. The van der Waals surface area contributed by atoms with Crippen LogP contribution < -0.4 is 15.5 Å². The first-order valence-electron chi connectivity index (χ1n) is 13.8. The number of halogens is 3. The Morgan fingerprint density at radius 1 is 0.977 bits per heavy atom. The van der Waals surface area contributed by atoms with Gasteiger partial charge in [0.2, 0.25) is 11.8 Å². The number of ether oxygens (including phenoxy) is 1. The largest absolute Gasteiger partial charge is 0.494 e. The number of rotatable bonds is 10. The van der Waals surface area contributed by atoms with E-state index in [1.165, 1.54) is 22.7 Å². The second kappa shape index (κ2) is 12.8. The molecule has 12 heteroatoms. The van der Waals surface area contributed by atoms with Gasteiger partial charge in [0.1, 0.15) is 5.75 Å². The molecular weight excluding hydrogens is 563 g/mol. The molecule has 0 aliphatic rings. The second-order valence-corrected chi connectivity index (χ2v) is 11.3. The van der Waals surface area contributed by atoms with E-state index in [4.69, 9.17) is 9.94 Å². The molecule has 0 radical (unpaired) electrons. The van der Waals surface area contributed by atoms with Gasteiger partial charge in [0.15, 0.2) is 5.65 Å². The highest BCUT2D eigenvalue weighted by Gasteiger charge is 2.35. The molecular formula is C31H34F3N5O4. The van der Waals surface area contributed by atoms with E-state index in [1.54, 1.807) is 17.7 Å². The number of fused-ring (bicyclic) bond motifs is 1. The molecule has 4 rings (SSSR count). The average molecular weight is 598 g/mol. The van der Waals surface area contributed by atoms with E-state index < -0.39 is 23.1 Å². The van der Waals surface area contributed by atoms with Gasteiger partial charge in [0.25, 0.3) is 0 Å². The van der Waals surface area contributed by atoms with E-state index in [2.05, 4.69) is 15.4 Å². The van der Waals surface area contributed by atoms with Crippen molar-refractivity contribution in [1.82, 2.24) is 20.1 Å². The number of nitrogens with zero attached hydrogens (tertiary/aromatic N) is 3. The van der Waals surface area contributed by atoms with Crippen LogP contribution in [0.3, 0.4) is 0 Å². The third-order valence-corrected chi connectivity index (χ3v) is 6.80. The first-order valence-corrected chi connectivity index (χ1v) is 13.8.